The highest BCUT2D eigenvalue weighted by atomic mass is 35.5. The Balaban J connectivity index is 1.50. The molecule has 1 amide bonds. The third-order valence-corrected chi connectivity index (χ3v) is 6.34. The maximum Gasteiger partial charge on any atom is 0.415 e. The van der Waals surface area contributed by atoms with Gasteiger partial charge in [0.15, 0.2) is 17.2 Å². The average Bonchev–Trinajstić information content (AvgIpc) is 2.90. The molecule has 0 spiro atoms. The van der Waals surface area contributed by atoms with E-state index in [-0.39, 0.29) is 5.54 Å². The summed E-state index contributed by atoms with van der Waals surface area (Å²) in [7, 11) is 0. The summed E-state index contributed by atoms with van der Waals surface area (Å²) in [4.78, 5) is 14.6. The smallest absolute Gasteiger partial charge is 0.415 e. The van der Waals surface area contributed by atoms with E-state index in [9.17, 15) is 4.79 Å². The maximum atomic E-state index is 12.9. The van der Waals surface area contributed by atoms with Crippen molar-refractivity contribution < 1.29 is 14.3 Å². The Morgan fingerprint density at radius 2 is 1.45 bits per heavy atom. The van der Waals surface area contributed by atoms with Gasteiger partial charge in [-0.1, -0.05) is 78.3 Å². The molecule has 0 fully saturated rings. The Labute approximate surface area is 230 Å². The number of para-hydroxylation sites is 2. The molecule has 0 bridgehead atoms. The molecule has 4 aromatic carbocycles. The van der Waals surface area contributed by atoms with E-state index in [0.717, 1.165) is 11.3 Å². The van der Waals surface area contributed by atoms with E-state index < -0.39 is 6.09 Å². The second-order valence-corrected chi connectivity index (χ2v) is 10.3. The molecule has 0 aromatic heterocycles. The summed E-state index contributed by atoms with van der Waals surface area (Å²) in [5.74, 6) is 1.29. The molecule has 4 aromatic rings. The van der Waals surface area contributed by atoms with Crippen molar-refractivity contribution in [2.24, 2.45) is 0 Å². The van der Waals surface area contributed by atoms with Crippen LogP contribution in [0.15, 0.2) is 97.1 Å². The van der Waals surface area contributed by atoms with Gasteiger partial charge in [-0.3, -0.25) is 0 Å². The van der Waals surface area contributed by atoms with Crippen LogP contribution in [0.1, 0.15) is 33.3 Å². The summed E-state index contributed by atoms with van der Waals surface area (Å²) in [5.41, 5.74) is 3.88. The van der Waals surface area contributed by atoms with Crippen LogP contribution in [0, 0.1) is 0 Å². The fourth-order valence-electron chi connectivity index (χ4n) is 4.13. The first-order chi connectivity index (χ1) is 18.2. The number of rotatable bonds is 8. The highest BCUT2D eigenvalue weighted by molar-refractivity contribution is 6.30. The number of carbonyl (C=O) groups is 1. The maximum absolute atomic E-state index is 12.9. The van der Waals surface area contributed by atoms with Gasteiger partial charge in [-0.25, -0.2) is 4.79 Å². The van der Waals surface area contributed by atoms with Crippen LogP contribution in [0.2, 0.25) is 5.02 Å². The predicted molar refractivity (Wildman–Crippen MR) is 155 cm³/mol. The summed E-state index contributed by atoms with van der Waals surface area (Å²) >= 11 is 6.31. The number of nitrogens with zero attached hydrogens (tertiary/aromatic N) is 1. The van der Waals surface area contributed by atoms with Gasteiger partial charge >= 0.3 is 6.09 Å². The first kappa shape index (κ1) is 27.1. The van der Waals surface area contributed by atoms with Gasteiger partial charge in [-0.2, -0.15) is 0 Å². The molecule has 0 atom stereocenters. The molecule has 196 valence electrons. The number of ether oxygens (including phenoxy) is 2. The zero-order chi connectivity index (χ0) is 27.1. The topological polar surface area (TPSA) is 50.8 Å². The second-order valence-electron chi connectivity index (χ2n) is 9.89. The number of carbonyl (C=O) groups excluding carboxylic acids is 1. The Bertz CT molecular complexity index is 1370. The van der Waals surface area contributed by atoms with E-state index in [1.807, 2.05) is 64.1 Å². The minimum absolute atomic E-state index is 0.336. The molecule has 0 heterocycles. The van der Waals surface area contributed by atoms with Gasteiger partial charge in [-0.05, 0) is 68.7 Å². The third kappa shape index (κ3) is 6.87. The molecular weight excluding hydrogens is 496 g/mol. The predicted octanol–water partition coefficient (Wildman–Crippen LogP) is 9.03. The SMILES string of the molecule is CCN(C(=O)Oc1ccccc1Oc1cc(Cl)ccc1NCc1ccc(-c2ccccc2)cc1)C(C)(C)C. The zero-order valence-corrected chi connectivity index (χ0v) is 23.0. The van der Waals surface area contributed by atoms with Crippen molar-refractivity contribution in [1.29, 1.82) is 0 Å². The van der Waals surface area contributed by atoms with Crippen LogP contribution in [0.5, 0.6) is 17.2 Å². The van der Waals surface area contributed by atoms with Crippen LogP contribution in [-0.4, -0.2) is 23.1 Å². The van der Waals surface area contributed by atoms with Crippen molar-refractivity contribution >= 4 is 23.4 Å². The summed E-state index contributed by atoms with van der Waals surface area (Å²) < 4.78 is 12.0. The lowest BCUT2D eigenvalue weighted by atomic mass is 10.0. The van der Waals surface area contributed by atoms with Crippen LogP contribution < -0.4 is 14.8 Å². The van der Waals surface area contributed by atoms with Gasteiger partial charge in [0, 0.05) is 29.7 Å². The first-order valence-electron chi connectivity index (χ1n) is 12.7. The Hall–Kier alpha value is -3.96. The van der Waals surface area contributed by atoms with Gasteiger partial charge in [0.2, 0.25) is 0 Å². The summed E-state index contributed by atoms with van der Waals surface area (Å²) in [6.07, 6.45) is -0.431. The number of hydrogen-bond acceptors (Lipinski definition) is 4. The van der Waals surface area contributed by atoms with Crippen molar-refractivity contribution in [2.45, 2.75) is 39.8 Å². The molecule has 0 saturated heterocycles. The highest BCUT2D eigenvalue weighted by Gasteiger charge is 2.27. The van der Waals surface area contributed by atoms with Crippen LogP contribution in [0.25, 0.3) is 11.1 Å². The van der Waals surface area contributed by atoms with E-state index in [4.69, 9.17) is 21.1 Å². The van der Waals surface area contributed by atoms with Gasteiger partial charge < -0.3 is 19.7 Å². The van der Waals surface area contributed by atoms with Gasteiger partial charge in [0.05, 0.1) is 5.69 Å². The van der Waals surface area contributed by atoms with E-state index >= 15 is 0 Å². The first-order valence-corrected chi connectivity index (χ1v) is 13.1. The normalized spacial score (nSPS) is 11.1. The van der Waals surface area contributed by atoms with Crippen molar-refractivity contribution in [2.75, 3.05) is 11.9 Å². The van der Waals surface area contributed by atoms with Crippen LogP contribution in [0.4, 0.5) is 10.5 Å². The third-order valence-electron chi connectivity index (χ3n) is 6.10. The van der Waals surface area contributed by atoms with Crippen molar-refractivity contribution in [3.63, 3.8) is 0 Å². The van der Waals surface area contributed by atoms with Crippen LogP contribution in [-0.2, 0) is 6.54 Å². The molecular formula is C32H33ClN2O3. The molecule has 0 aliphatic rings. The van der Waals surface area contributed by atoms with E-state index in [1.54, 1.807) is 29.2 Å². The number of halogens is 1. The van der Waals surface area contributed by atoms with Crippen molar-refractivity contribution in [3.8, 4) is 28.4 Å². The summed E-state index contributed by atoms with van der Waals surface area (Å²) in [5, 5.41) is 3.98. The lowest BCUT2D eigenvalue weighted by Gasteiger charge is -2.33. The standard InChI is InChI=1S/C32H33ClN2O3/c1-5-35(32(2,3)4)31(36)38-29-14-10-9-13-28(29)37-30-21-26(33)19-20-27(30)34-22-23-15-17-25(18-16-23)24-11-7-6-8-12-24/h6-21,34H,5,22H2,1-4H3. The molecule has 0 saturated carbocycles. The largest absolute Gasteiger partial charge is 0.451 e. The zero-order valence-electron chi connectivity index (χ0n) is 22.2. The van der Waals surface area contributed by atoms with Gasteiger partial charge in [-0.15, -0.1) is 0 Å². The Kier molecular flexibility index (Phi) is 8.59. The molecule has 0 radical (unpaired) electrons. The molecule has 0 unspecified atom stereocenters. The van der Waals surface area contributed by atoms with Gasteiger partial charge in [0.25, 0.3) is 0 Å². The molecule has 0 aliphatic carbocycles. The number of anilines is 1. The minimum Gasteiger partial charge on any atom is -0.451 e. The number of hydrogen-bond donors (Lipinski definition) is 1. The molecule has 5 nitrogen and oxygen atoms in total. The molecule has 1 N–H and O–H groups in total. The highest BCUT2D eigenvalue weighted by Crippen LogP contribution is 2.37. The molecule has 6 heteroatoms. The second kappa shape index (κ2) is 12.1. The number of amides is 1. The molecule has 0 aliphatic heterocycles. The fourth-order valence-corrected chi connectivity index (χ4v) is 4.30. The fraction of sp³-hybridized carbons (Fsp3) is 0.219. The summed E-state index contributed by atoms with van der Waals surface area (Å²) in [6.45, 7) is 8.96. The average molecular weight is 529 g/mol. The summed E-state index contributed by atoms with van der Waals surface area (Å²) in [6, 6.07) is 31.3. The number of benzene rings is 4. The Morgan fingerprint density at radius 1 is 0.816 bits per heavy atom. The molecule has 38 heavy (non-hydrogen) atoms. The van der Waals surface area contributed by atoms with Crippen molar-refractivity contribution in [1.82, 2.24) is 4.90 Å². The monoisotopic (exact) mass is 528 g/mol. The van der Waals surface area contributed by atoms with Crippen molar-refractivity contribution in [3.05, 3.63) is 108 Å². The molecule has 4 rings (SSSR count). The van der Waals surface area contributed by atoms with E-state index in [2.05, 4.69) is 41.7 Å². The lowest BCUT2D eigenvalue weighted by molar-refractivity contribution is 0.110. The quantitative estimate of drug-likeness (QED) is 0.248. The minimum atomic E-state index is -0.431. The van der Waals surface area contributed by atoms with Gasteiger partial charge in [0.1, 0.15) is 0 Å². The van der Waals surface area contributed by atoms with E-state index in [1.165, 1.54) is 11.1 Å². The van der Waals surface area contributed by atoms with Crippen LogP contribution in [0.3, 0.4) is 0 Å². The lowest BCUT2D eigenvalue weighted by Crippen LogP contribution is -2.46. The number of nitrogens with one attached hydrogen (secondary N) is 1. The van der Waals surface area contributed by atoms with E-state index in [0.29, 0.717) is 35.4 Å². The van der Waals surface area contributed by atoms with Crippen LogP contribution >= 0.6 is 11.6 Å². The Morgan fingerprint density at radius 3 is 2.11 bits per heavy atom.